The van der Waals surface area contributed by atoms with Gasteiger partial charge in [-0.05, 0) is 37.1 Å². The van der Waals surface area contributed by atoms with E-state index in [-0.39, 0.29) is 11.7 Å². The minimum absolute atomic E-state index is 0.0475. The number of unbranched alkanes of at least 4 members (excludes halogenated alkanes) is 3. The first-order valence-electron chi connectivity index (χ1n) is 6.52. The van der Waals surface area contributed by atoms with Crippen molar-refractivity contribution in [1.82, 2.24) is 5.32 Å². The Bertz CT molecular complexity index is 399. The van der Waals surface area contributed by atoms with Crippen molar-refractivity contribution in [2.45, 2.75) is 32.3 Å². The fraction of sp³-hybridized carbons (Fsp3) is 0.500. The van der Waals surface area contributed by atoms with Gasteiger partial charge in [-0.1, -0.05) is 28.8 Å². The Balaban J connectivity index is 2.29. The summed E-state index contributed by atoms with van der Waals surface area (Å²) in [5.41, 5.74) is 0.437. The van der Waals surface area contributed by atoms with E-state index in [2.05, 4.69) is 26.0 Å². The van der Waals surface area contributed by atoms with E-state index in [0.29, 0.717) is 12.1 Å². The topological polar surface area (TPSA) is 38.3 Å². The molecule has 1 amide bonds. The molecule has 0 heterocycles. The van der Waals surface area contributed by atoms with Gasteiger partial charge in [0.25, 0.3) is 5.91 Å². The van der Waals surface area contributed by atoms with E-state index >= 15 is 0 Å². The molecule has 0 atom stereocenters. The van der Waals surface area contributed by atoms with Crippen LogP contribution in [0.5, 0.6) is 5.75 Å². The monoisotopic (exact) mass is 349 g/mol. The Labute approximate surface area is 125 Å². The Kier molecular flexibility index (Phi) is 8.18. The minimum Gasteiger partial charge on any atom is -0.435 e. The molecule has 0 unspecified atom stereocenters. The van der Waals surface area contributed by atoms with Crippen LogP contribution >= 0.6 is 15.9 Å². The maximum Gasteiger partial charge on any atom is 0.387 e. The van der Waals surface area contributed by atoms with E-state index in [0.717, 1.165) is 31.0 Å². The average molecular weight is 350 g/mol. The first-order chi connectivity index (χ1) is 9.63. The third-order valence-electron chi connectivity index (χ3n) is 2.69. The van der Waals surface area contributed by atoms with Gasteiger partial charge in [-0.2, -0.15) is 8.78 Å². The van der Waals surface area contributed by atoms with Crippen LogP contribution in [0.15, 0.2) is 24.3 Å². The van der Waals surface area contributed by atoms with Crippen LogP contribution in [0, 0.1) is 0 Å². The van der Waals surface area contributed by atoms with Crippen LogP contribution in [0.1, 0.15) is 36.0 Å². The van der Waals surface area contributed by atoms with Crippen molar-refractivity contribution in [2.24, 2.45) is 0 Å². The fourth-order valence-corrected chi connectivity index (χ4v) is 2.06. The molecule has 0 aliphatic carbocycles. The summed E-state index contributed by atoms with van der Waals surface area (Å²) in [6.07, 6.45) is 4.29. The first-order valence-corrected chi connectivity index (χ1v) is 7.64. The van der Waals surface area contributed by atoms with Crippen LogP contribution < -0.4 is 10.1 Å². The summed E-state index contributed by atoms with van der Waals surface area (Å²) in [4.78, 5) is 11.8. The van der Waals surface area contributed by atoms with Crippen LogP contribution in [-0.2, 0) is 0 Å². The zero-order valence-electron chi connectivity index (χ0n) is 11.1. The summed E-state index contributed by atoms with van der Waals surface area (Å²) >= 11 is 3.37. The number of ether oxygens (including phenoxy) is 1. The molecule has 6 heteroatoms. The molecule has 1 aromatic rings. The summed E-state index contributed by atoms with van der Waals surface area (Å²) in [5.74, 6) is -0.152. The number of hydrogen-bond donors (Lipinski definition) is 1. The summed E-state index contributed by atoms with van der Waals surface area (Å²) in [7, 11) is 0. The number of halogens is 3. The minimum atomic E-state index is -2.85. The van der Waals surface area contributed by atoms with Crippen LogP contribution in [-0.4, -0.2) is 24.4 Å². The molecule has 0 spiro atoms. The number of benzene rings is 1. The number of rotatable bonds is 9. The molecule has 1 rings (SSSR count). The quantitative estimate of drug-likeness (QED) is 0.541. The van der Waals surface area contributed by atoms with Gasteiger partial charge in [-0.15, -0.1) is 0 Å². The molecule has 1 aromatic carbocycles. The van der Waals surface area contributed by atoms with Gasteiger partial charge >= 0.3 is 6.61 Å². The lowest BCUT2D eigenvalue weighted by Crippen LogP contribution is -2.24. The second-order valence-corrected chi connectivity index (χ2v) is 5.05. The predicted molar refractivity (Wildman–Crippen MR) is 77.7 cm³/mol. The lowest BCUT2D eigenvalue weighted by atomic mass is 10.2. The summed E-state index contributed by atoms with van der Waals surface area (Å²) in [5, 5.41) is 3.80. The van der Waals surface area contributed by atoms with Crippen LogP contribution in [0.4, 0.5) is 8.78 Å². The molecule has 1 N–H and O–H groups in total. The van der Waals surface area contributed by atoms with Crippen LogP contribution in [0.25, 0.3) is 0 Å². The predicted octanol–water partition coefficient (Wildman–Crippen LogP) is 3.97. The van der Waals surface area contributed by atoms with Gasteiger partial charge in [0.05, 0.1) is 0 Å². The molecule has 0 aromatic heterocycles. The highest BCUT2D eigenvalue weighted by Gasteiger charge is 2.07. The standard InChI is InChI=1S/C14H18BrF2NO2/c15-9-3-1-2-4-10-18-13(19)11-5-7-12(8-6-11)20-14(16)17/h5-8,14H,1-4,9-10H2,(H,18,19). The zero-order chi connectivity index (χ0) is 14.8. The van der Waals surface area contributed by atoms with Crippen LogP contribution in [0.3, 0.4) is 0 Å². The summed E-state index contributed by atoms with van der Waals surface area (Å²) in [6, 6.07) is 5.66. The number of amides is 1. The third kappa shape index (κ3) is 6.84. The molecule has 3 nitrogen and oxygen atoms in total. The van der Waals surface area contributed by atoms with Crippen molar-refractivity contribution in [3.05, 3.63) is 29.8 Å². The highest BCUT2D eigenvalue weighted by Crippen LogP contribution is 2.14. The molecule has 0 saturated heterocycles. The molecular formula is C14H18BrF2NO2. The number of nitrogens with one attached hydrogen (secondary N) is 1. The van der Waals surface area contributed by atoms with Crippen molar-refractivity contribution in [2.75, 3.05) is 11.9 Å². The highest BCUT2D eigenvalue weighted by atomic mass is 79.9. The normalized spacial score (nSPS) is 10.6. The maximum absolute atomic E-state index is 12.0. The zero-order valence-corrected chi connectivity index (χ0v) is 12.7. The molecule has 112 valence electrons. The second kappa shape index (κ2) is 9.69. The second-order valence-electron chi connectivity index (χ2n) is 4.26. The van der Waals surface area contributed by atoms with Crippen molar-refractivity contribution in [1.29, 1.82) is 0 Å². The summed E-state index contributed by atoms with van der Waals surface area (Å²) in [6.45, 7) is -2.23. The molecule has 0 aliphatic heterocycles. The van der Waals surface area contributed by atoms with E-state index in [1.54, 1.807) is 0 Å². The van der Waals surface area contributed by atoms with Gasteiger partial charge < -0.3 is 10.1 Å². The average Bonchev–Trinajstić information content (AvgIpc) is 2.42. The third-order valence-corrected chi connectivity index (χ3v) is 3.25. The number of carbonyl (C=O) groups is 1. The van der Waals surface area contributed by atoms with Crippen molar-refractivity contribution < 1.29 is 18.3 Å². The van der Waals surface area contributed by atoms with Gasteiger partial charge in [-0.25, -0.2) is 0 Å². The number of alkyl halides is 3. The smallest absolute Gasteiger partial charge is 0.387 e. The van der Waals surface area contributed by atoms with E-state index in [1.165, 1.54) is 24.3 Å². The van der Waals surface area contributed by atoms with E-state index in [1.807, 2.05) is 0 Å². The van der Waals surface area contributed by atoms with Gasteiger partial charge in [0, 0.05) is 17.4 Å². The van der Waals surface area contributed by atoms with Gasteiger partial charge in [0.2, 0.25) is 0 Å². The first kappa shape index (κ1) is 16.9. The van der Waals surface area contributed by atoms with Crippen molar-refractivity contribution in [3.8, 4) is 5.75 Å². The molecule has 0 bridgehead atoms. The molecule has 0 aliphatic rings. The van der Waals surface area contributed by atoms with E-state index in [9.17, 15) is 13.6 Å². The SMILES string of the molecule is O=C(NCCCCCCBr)c1ccc(OC(F)F)cc1. The van der Waals surface area contributed by atoms with Crippen LogP contribution in [0.2, 0.25) is 0 Å². The lowest BCUT2D eigenvalue weighted by Gasteiger charge is -2.07. The van der Waals surface area contributed by atoms with E-state index < -0.39 is 6.61 Å². The number of carbonyl (C=O) groups excluding carboxylic acids is 1. The fourth-order valence-electron chi connectivity index (χ4n) is 1.66. The Morgan fingerprint density at radius 1 is 1.15 bits per heavy atom. The molecule has 0 saturated carbocycles. The Morgan fingerprint density at radius 2 is 1.80 bits per heavy atom. The maximum atomic E-state index is 12.0. The van der Waals surface area contributed by atoms with Gasteiger partial charge in [0.15, 0.2) is 0 Å². The van der Waals surface area contributed by atoms with E-state index in [4.69, 9.17) is 0 Å². The van der Waals surface area contributed by atoms with Crippen molar-refractivity contribution in [3.63, 3.8) is 0 Å². The Morgan fingerprint density at radius 3 is 2.40 bits per heavy atom. The highest BCUT2D eigenvalue weighted by molar-refractivity contribution is 9.09. The molecule has 20 heavy (non-hydrogen) atoms. The Hall–Kier alpha value is -1.17. The number of hydrogen-bond acceptors (Lipinski definition) is 2. The van der Waals surface area contributed by atoms with Crippen molar-refractivity contribution >= 4 is 21.8 Å². The molecular weight excluding hydrogens is 332 g/mol. The molecule has 0 fully saturated rings. The molecule has 0 radical (unpaired) electrons. The van der Waals surface area contributed by atoms with Gasteiger partial charge in [0.1, 0.15) is 5.75 Å². The lowest BCUT2D eigenvalue weighted by molar-refractivity contribution is -0.0498. The summed E-state index contributed by atoms with van der Waals surface area (Å²) < 4.78 is 28.2. The van der Waals surface area contributed by atoms with Gasteiger partial charge in [-0.3, -0.25) is 4.79 Å². The largest absolute Gasteiger partial charge is 0.435 e.